The van der Waals surface area contributed by atoms with E-state index in [0.29, 0.717) is 18.0 Å². The molecule has 11 heteroatoms. The van der Waals surface area contributed by atoms with E-state index in [-0.39, 0.29) is 37.7 Å². The number of carbonyl (C=O) groups excluding carboxylic acids is 1. The number of aromatic nitrogens is 3. The topological polar surface area (TPSA) is 138 Å². The van der Waals surface area contributed by atoms with Crippen molar-refractivity contribution in [2.45, 2.75) is 39.8 Å². The van der Waals surface area contributed by atoms with Gasteiger partial charge in [-0.3, -0.25) is 9.59 Å². The van der Waals surface area contributed by atoms with Crippen LogP contribution in [0.25, 0.3) is 5.69 Å². The van der Waals surface area contributed by atoms with Gasteiger partial charge in [0, 0.05) is 19.6 Å². The lowest BCUT2D eigenvalue weighted by Gasteiger charge is -2.41. The van der Waals surface area contributed by atoms with E-state index in [1.807, 2.05) is 75.4 Å². The van der Waals surface area contributed by atoms with E-state index in [9.17, 15) is 24.6 Å². The van der Waals surface area contributed by atoms with Crippen LogP contribution < -0.4 is 4.74 Å². The van der Waals surface area contributed by atoms with Gasteiger partial charge in [-0.15, -0.1) is 5.10 Å². The molecule has 0 radical (unpaired) electrons. The maximum absolute atomic E-state index is 14.1. The van der Waals surface area contributed by atoms with Crippen LogP contribution in [0, 0.1) is 18.8 Å². The zero-order valence-corrected chi connectivity index (χ0v) is 22.2. The second-order valence-electron chi connectivity index (χ2n) is 10.1. The Morgan fingerprint density at radius 3 is 2.38 bits per heavy atom. The summed E-state index contributed by atoms with van der Waals surface area (Å²) in [6.45, 7) is 6.00. The Bertz CT molecular complexity index is 1300. The summed E-state index contributed by atoms with van der Waals surface area (Å²) in [6.07, 6.45) is -1.08. The molecule has 11 nitrogen and oxygen atoms in total. The number of nitrogens with zero attached hydrogens (tertiary/aromatic N) is 5. The van der Waals surface area contributed by atoms with E-state index < -0.39 is 29.9 Å². The molecule has 2 heterocycles. The lowest BCUT2D eigenvalue weighted by atomic mass is 9.92. The molecule has 1 fully saturated rings. The van der Waals surface area contributed by atoms with E-state index in [1.54, 1.807) is 9.58 Å². The van der Waals surface area contributed by atoms with Crippen molar-refractivity contribution in [2.75, 3.05) is 19.6 Å². The first-order chi connectivity index (χ1) is 18.7. The van der Waals surface area contributed by atoms with Gasteiger partial charge >= 0.3 is 12.1 Å². The van der Waals surface area contributed by atoms with Crippen LogP contribution in [0.2, 0.25) is 0 Å². The number of carboxylic acid groups (broad SMARTS) is 2. The molecule has 2 N–H and O–H groups in total. The van der Waals surface area contributed by atoms with Gasteiger partial charge in [0.1, 0.15) is 18.1 Å². The van der Waals surface area contributed by atoms with Gasteiger partial charge in [0.05, 0.1) is 17.6 Å². The zero-order chi connectivity index (χ0) is 28.1. The molecule has 4 rings (SSSR count). The molecule has 0 bridgehead atoms. The predicted octanol–water partition coefficient (Wildman–Crippen LogP) is 3.71. The lowest BCUT2D eigenvalue weighted by Crippen LogP contribution is -2.56. The number of hydrogen-bond acceptors (Lipinski definition) is 6. The number of carbonyl (C=O) groups is 3. The minimum Gasteiger partial charge on any atom is -0.487 e. The smallest absolute Gasteiger partial charge is 0.407 e. The van der Waals surface area contributed by atoms with E-state index in [4.69, 9.17) is 4.74 Å². The molecule has 1 saturated heterocycles. The summed E-state index contributed by atoms with van der Waals surface area (Å²) >= 11 is 0. The minimum absolute atomic E-state index is 0.00556. The largest absolute Gasteiger partial charge is 0.487 e. The first-order valence-electron chi connectivity index (χ1n) is 12.9. The molecular formula is C28H33N5O6. The average molecular weight is 536 g/mol. The van der Waals surface area contributed by atoms with Crippen LogP contribution in [0.1, 0.15) is 42.0 Å². The van der Waals surface area contributed by atoms with Crippen molar-refractivity contribution in [1.82, 2.24) is 24.8 Å². The molecule has 0 spiro atoms. The quantitative estimate of drug-likeness (QED) is 0.423. The second kappa shape index (κ2) is 12.0. The molecule has 2 aromatic carbocycles. The molecule has 1 aliphatic heterocycles. The SMILES string of the molecule is Cc1ccccc1-n1nnc(C(=O)N(CC(C)C)[C@H]2C[C@@H](C(=O)O)CN(C(=O)O)C2)c1COc1ccccc1. The Hall–Kier alpha value is -4.41. The number of benzene rings is 2. The number of rotatable bonds is 9. The fourth-order valence-corrected chi connectivity index (χ4v) is 4.82. The highest BCUT2D eigenvalue weighted by Gasteiger charge is 2.39. The lowest BCUT2D eigenvalue weighted by molar-refractivity contribution is -0.144. The van der Waals surface area contributed by atoms with Crippen molar-refractivity contribution in [2.24, 2.45) is 11.8 Å². The molecule has 0 saturated carbocycles. The highest BCUT2D eigenvalue weighted by molar-refractivity contribution is 5.94. The summed E-state index contributed by atoms with van der Waals surface area (Å²) in [7, 11) is 0. The minimum atomic E-state index is -1.22. The van der Waals surface area contributed by atoms with E-state index >= 15 is 0 Å². The molecule has 0 aliphatic carbocycles. The van der Waals surface area contributed by atoms with Gasteiger partial charge in [-0.05, 0) is 43.0 Å². The van der Waals surface area contributed by atoms with Crippen LogP contribution in [0.3, 0.4) is 0 Å². The number of ether oxygens (including phenoxy) is 1. The van der Waals surface area contributed by atoms with E-state index in [0.717, 1.165) is 16.2 Å². The maximum atomic E-state index is 14.1. The Morgan fingerprint density at radius 2 is 1.74 bits per heavy atom. The van der Waals surface area contributed by atoms with Crippen LogP contribution in [0.15, 0.2) is 54.6 Å². The maximum Gasteiger partial charge on any atom is 0.407 e. The molecule has 2 amide bonds. The molecule has 0 unspecified atom stereocenters. The molecule has 1 aromatic heterocycles. The predicted molar refractivity (Wildman–Crippen MR) is 142 cm³/mol. The van der Waals surface area contributed by atoms with Crippen molar-refractivity contribution in [3.05, 3.63) is 71.5 Å². The monoisotopic (exact) mass is 535 g/mol. The van der Waals surface area contributed by atoms with E-state index in [1.165, 1.54) is 0 Å². The summed E-state index contributed by atoms with van der Waals surface area (Å²) in [4.78, 5) is 40.4. The Morgan fingerprint density at radius 1 is 1.05 bits per heavy atom. The summed E-state index contributed by atoms with van der Waals surface area (Å²) in [5.74, 6) is -1.82. The number of amides is 2. The zero-order valence-electron chi connectivity index (χ0n) is 22.2. The molecular weight excluding hydrogens is 502 g/mol. The Labute approximate surface area is 226 Å². The summed E-state index contributed by atoms with van der Waals surface area (Å²) < 4.78 is 7.60. The highest BCUT2D eigenvalue weighted by Crippen LogP contribution is 2.26. The number of likely N-dealkylation sites (tertiary alicyclic amines) is 1. The third kappa shape index (κ3) is 6.36. The van der Waals surface area contributed by atoms with Gasteiger partial charge in [0.15, 0.2) is 5.69 Å². The van der Waals surface area contributed by atoms with Gasteiger partial charge in [0.2, 0.25) is 0 Å². The third-order valence-electron chi connectivity index (χ3n) is 6.74. The number of aryl methyl sites for hydroxylation is 1. The van der Waals surface area contributed by atoms with Crippen molar-refractivity contribution in [3.63, 3.8) is 0 Å². The third-order valence-corrected chi connectivity index (χ3v) is 6.74. The van der Waals surface area contributed by atoms with Crippen molar-refractivity contribution >= 4 is 18.0 Å². The van der Waals surface area contributed by atoms with Crippen molar-refractivity contribution in [1.29, 1.82) is 0 Å². The summed E-state index contributed by atoms with van der Waals surface area (Å²) in [5, 5.41) is 27.9. The standard InChI is InChI=1S/C28H33N5O6/c1-18(2)14-32(21-13-20(27(35)36)15-31(16-21)28(37)38)26(34)25-24(17-39-22-10-5-4-6-11-22)33(30-29-25)23-12-8-7-9-19(23)3/h4-12,18,20-21H,13-17H2,1-3H3,(H,35,36)(H,37,38)/t20-,21+/m1/s1. The number of aliphatic carboxylic acids is 1. The van der Waals surface area contributed by atoms with Gasteiger partial charge < -0.3 is 24.7 Å². The van der Waals surface area contributed by atoms with Crippen LogP contribution in [0.4, 0.5) is 4.79 Å². The first kappa shape index (κ1) is 27.6. The second-order valence-corrected chi connectivity index (χ2v) is 10.1. The van der Waals surface area contributed by atoms with Gasteiger partial charge in [-0.25, -0.2) is 9.48 Å². The van der Waals surface area contributed by atoms with Gasteiger partial charge in [-0.2, -0.15) is 0 Å². The summed E-state index contributed by atoms with van der Waals surface area (Å²) in [5.41, 5.74) is 2.18. The van der Waals surface area contributed by atoms with Crippen LogP contribution in [-0.4, -0.2) is 78.7 Å². The first-order valence-corrected chi connectivity index (χ1v) is 12.9. The van der Waals surface area contributed by atoms with Crippen LogP contribution in [0.5, 0.6) is 5.75 Å². The number of para-hydroxylation sites is 2. The number of piperidine rings is 1. The molecule has 2 atom stereocenters. The average Bonchev–Trinajstić information content (AvgIpc) is 3.34. The Balaban J connectivity index is 1.74. The van der Waals surface area contributed by atoms with Gasteiger partial charge in [-0.1, -0.05) is 55.5 Å². The van der Waals surface area contributed by atoms with E-state index in [2.05, 4.69) is 10.3 Å². The molecule has 3 aromatic rings. The normalized spacial score (nSPS) is 17.2. The van der Waals surface area contributed by atoms with Crippen LogP contribution >= 0.6 is 0 Å². The van der Waals surface area contributed by atoms with Gasteiger partial charge in [0.25, 0.3) is 5.91 Å². The highest BCUT2D eigenvalue weighted by atomic mass is 16.5. The molecule has 1 aliphatic rings. The summed E-state index contributed by atoms with van der Waals surface area (Å²) in [6, 6.07) is 16.1. The Kier molecular flexibility index (Phi) is 8.48. The van der Waals surface area contributed by atoms with Crippen molar-refractivity contribution in [3.8, 4) is 11.4 Å². The van der Waals surface area contributed by atoms with Crippen molar-refractivity contribution < 1.29 is 29.3 Å². The van der Waals surface area contributed by atoms with Crippen LogP contribution in [-0.2, 0) is 11.4 Å². The number of hydrogen-bond donors (Lipinski definition) is 2. The fourth-order valence-electron chi connectivity index (χ4n) is 4.82. The molecule has 206 valence electrons. The number of carboxylic acids is 1. The fraction of sp³-hybridized carbons (Fsp3) is 0.393. The molecule has 39 heavy (non-hydrogen) atoms.